The first kappa shape index (κ1) is 15.4. The highest BCUT2D eigenvalue weighted by molar-refractivity contribution is 5.41. The summed E-state index contributed by atoms with van der Waals surface area (Å²) in [6, 6.07) is 15.5. The van der Waals surface area contributed by atoms with Gasteiger partial charge in [-0.25, -0.2) is 0 Å². The van der Waals surface area contributed by atoms with Gasteiger partial charge in [-0.15, -0.1) is 0 Å². The van der Waals surface area contributed by atoms with Crippen LogP contribution in [0.3, 0.4) is 0 Å². The van der Waals surface area contributed by atoms with E-state index in [2.05, 4.69) is 5.32 Å². The molecule has 0 saturated heterocycles. The average Bonchev–Trinajstić information content (AvgIpc) is 2.55. The summed E-state index contributed by atoms with van der Waals surface area (Å²) >= 11 is 0. The molecular formula is C17H21NO3. The Labute approximate surface area is 125 Å². The molecular weight excluding hydrogens is 266 g/mol. The maximum atomic E-state index is 10.3. The van der Waals surface area contributed by atoms with Gasteiger partial charge in [0, 0.05) is 18.7 Å². The van der Waals surface area contributed by atoms with Crippen molar-refractivity contribution in [2.45, 2.75) is 12.6 Å². The molecule has 0 heterocycles. The number of nitrogens with one attached hydrogen (secondary N) is 1. The Morgan fingerprint density at radius 2 is 1.81 bits per heavy atom. The Hall–Kier alpha value is -2.04. The number of benzene rings is 2. The van der Waals surface area contributed by atoms with Gasteiger partial charge in [0.05, 0.1) is 20.3 Å². The first-order valence-electron chi connectivity index (χ1n) is 6.89. The van der Waals surface area contributed by atoms with Crippen LogP contribution in [0.1, 0.15) is 17.2 Å². The third-order valence-electron chi connectivity index (χ3n) is 3.31. The van der Waals surface area contributed by atoms with Crippen molar-refractivity contribution >= 4 is 0 Å². The molecule has 0 aliphatic heterocycles. The van der Waals surface area contributed by atoms with E-state index in [4.69, 9.17) is 9.47 Å². The second kappa shape index (κ2) is 7.67. The third kappa shape index (κ3) is 4.21. The molecule has 0 aliphatic carbocycles. The van der Waals surface area contributed by atoms with Crippen LogP contribution in [-0.2, 0) is 6.54 Å². The van der Waals surface area contributed by atoms with Crippen molar-refractivity contribution in [3.05, 3.63) is 59.7 Å². The Morgan fingerprint density at radius 1 is 1.05 bits per heavy atom. The average molecular weight is 287 g/mol. The van der Waals surface area contributed by atoms with Crippen molar-refractivity contribution in [2.75, 3.05) is 20.8 Å². The SMILES string of the molecule is COc1ccc(OC)c(C(O)CNCc2ccccc2)c1. The van der Waals surface area contributed by atoms with E-state index in [1.807, 2.05) is 36.4 Å². The lowest BCUT2D eigenvalue weighted by molar-refractivity contribution is 0.169. The monoisotopic (exact) mass is 287 g/mol. The van der Waals surface area contributed by atoms with E-state index in [-0.39, 0.29) is 0 Å². The number of methoxy groups -OCH3 is 2. The van der Waals surface area contributed by atoms with E-state index in [1.165, 1.54) is 5.56 Å². The zero-order valence-corrected chi connectivity index (χ0v) is 12.4. The Morgan fingerprint density at radius 3 is 2.48 bits per heavy atom. The molecule has 0 amide bonds. The summed E-state index contributed by atoms with van der Waals surface area (Å²) in [5.41, 5.74) is 1.90. The lowest BCUT2D eigenvalue weighted by Crippen LogP contribution is -2.21. The quantitative estimate of drug-likeness (QED) is 0.821. The fraction of sp³-hybridized carbons (Fsp3) is 0.294. The van der Waals surface area contributed by atoms with Crippen LogP contribution in [0.2, 0.25) is 0 Å². The molecule has 0 bridgehead atoms. The van der Waals surface area contributed by atoms with Crippen molar-refractivity contribution in [1.82, 2.24) is 5.32 Å². The number of hydrogen-bond acceptors (Lipinski definition) is 4. The van der Waals surface area contributed by atoms with Gasteiger partial charge in [0.2, 0.25) is 0 Å². The summed E-state index contributed by atoms with van der Waals surface area (Å²) in [5.74, 6) is 1.36. The maximum Gasteiger partial charge on any atom is 0.124 e. The molecule has 0 spiro atoms. The highest BCUT2D eigenvalue weighted by atomic mass is 16.5. The summed E-state index contributed by atoms with van der Waals surface area (Å²) in [7, 11) is 3.20. The van der Waals surface area contributed by atoms with E-state index in [1.54, 1.807) is 26.4 Å². The number of hydrogen-bond donors (Lipinski definition) is 2. The molecule has 2 rings (SSSR count). The van der Waals surface area contributed by atoms with Crippen molar-refractivity contribution in [3.63, 3.8) is 0 Å². The topological polar surface area (TPSA) is 50.7 Å². The smallest absolute Gasteiger partial charge is 0.124 e. The van der Waals surface area contributed by atoms with Gasteiger partial charge >= 0.3 is 0 Å². The molecule has 1 atom stereocenters. The Kier molecular flexibility index (Phi) is 5.60. The van der Waals surface area contributed by atoms with E-state index >= 15 is 0 Å². The van der Waals surface area contributed by atoms with Gasteiger partial charge in [-0.2, -0.15) is 0 Å². The van der Waals surface area contributed by atoms with E-state index in [0.717, 1.165) is 5.56 Å². The first-order valence-corrected chi connectivity index (χ1v) is 6.89. The van der Waals surface area contributed by atoms with Gasteiger partial charge < -0.3 is 19.9 Å². The number of aliphatic hydroxyl groups excluding tert-OH is 1. The fourth-order valence-electron chi connectivity index (χ4n) is 2.16. The summed E-state index contributed by atoms with van der Waals surface area (Å²) in [4.78, 5) is 0. The van der Waals surface area contributed by atoms with Crippen LogP contribution < -0.4 is 14.8 Å². The second-order valence-electron chi connectivity index (χ2n) is 4.74. The van der Waals surface area contributed by atoms with Crippen LogP contribution in [0, 0.1) is 0 Å². The summed E-state index contributed by atoms with van der Waals surface area (Å²) in [5, 5.41) is 13.6. The maximum absolute atomic E-state index is 10.3. The van der Waals surface area contributed by atoms with Crippen LogP contribution in [0.5, 0.6) is 11.5 Å². The summed E-state index contributed by atoms with van der Waals surface area (Å²) in [6.07, 6.45) is -0.654. The molecule has 2 aromatic carbocycles. The highest BCUT2D eigenvalue weighted by Crippen LogP contribution is 2.29. The van der Waals surface area contributed by atoms with Crippen molar-refractivity contribution in [1.29, 1.82) is 0 Å². The van der Waals surface area contributed by atoms with Crippen LogP contribution in [0.25, 0.3) is 0 Å². The lowest BCUT2D eigenvalue weighted by atomic mass is 10.1. The third-order valence-corrected chi connectivity index (χ3v) is 3.31. The lowest BCUT2D eigenvalue weighted by Gasteiger charge is -2.16. The molecule has 1 unspecified atom stereocenters. The van der Waals surface area contributed by atoms with Crippen LogP contribution >= 0.6 is 0 Å². The van der Waals surface area contributed by atoms with Gasteiger partial charge in [-0.3, -0.25) is 0 Å². The largest absolute Gasteiger partial charge is 0.497 e. The number of aliphatic hydroxyl groups is 1. The van der Waals surface area contributed by atoms with E-state index in [9.17, 15) is 5.11 Å². The van der Waals surface area contributed by atoms with E-state index < -0.39 is 6.10 Å². The number of ether oxygens (including phenoxy) is 2. The van der Waals surface area contributed by atoms with Gasteiger partial charge in [-0.1, -0.05) is 30.3 Å². The zero-order valence-electron chi connectivity index (χ0n) is 12.4. The minimum atomic E-state index is -0.654. The van der Waals surface area contributed by atoms with Gasteiger partial charge in [0.25, 0.3) is 0 Å². The molecule has 2 aromatic rings. The molecule has 112 valence electrons. The molecule has 0 saturated carbocycles. The van der Waals surface area contributed by atoms with Crippen molar-refractivity contribution < 1.29 is 14.6 Å². The predicted molar refractivity (Wildman–Crippen MR) is 82.7 cm³/mol. The minimum Gasteiger partial charge on any atom is -0.497 e. The molecule has 4 heteroatoms. The van der Waals surface area contributed by atoms with Crippen LogP contribution in [0.15, 0.2) is 48.5 Å². The summed E-state index contributed by atoms with van der Waals surface area (Å²) < 4.78 is 10.5. The van der Waals surface area contributed by atoms with Crippen molar-refractivity contribution in [2.24, 2.45) is 0 Å². The van der Waals surface area contributed by atoms with Crippen LogP contribution in [0.4, 0.5) is 0 Å². The van der Waals surface area contributed by atoms with E-state index in [0.29, 0.717) is 24.6 Å². The standard InChI is InChI=1S/C17H21NO3/c1-20-14-8-9-17(21-2)15(10-14)16(19)12-18-11-13-6-4-3-5-7-13/h3-10,16,18-19H,11-12H2,1-2H3. The molecule has 21 heavy (non-hydrogen) atoms. The van der Waals surface area contributed by atoms with Gasteiger partial charge in [0.15, 0.2) is 0 Å². The number of rotatable bonds is 7. The molecule has 0 aromatic heterocycles. The first-order chi connectivity index (χ1) is 10.2. The fourth-order valence-corrected chi connectivity index (χ4v) is 2.16. The minimum absolute atomic E-state index is 0.443. The summed E-state index contributed by atoms with van der Waals surface area (Å²) in [6.45, 7) is 1.16. The normalized spacial score (nSPS) is 12.0. The van der Waals surface area contributed by atoms with Gasteiger partial charge in [-0.05, 0) is 23.8 Å². The molecule has 4 nitrogen and oxygen atoms in total. The molecule has 0 fully saturated rings. The van der Waals surface area contributed by atoms with Gasteiger partial charge in [0.1, 0.15) is 11.5 Å². The van der Waals surface area contributed by atoms with Crippen LogP contribution in [-0.4, -0.2) is 25.9 Å². The van der Waals surface area contributed by atoms with Crippen molar-refractivity contribution in [3.8, 4) is 11.5 Å². The molecule has 2 N–H and O–H groups in total. The Balaban J connectivity index is 1.97. The predicted octanol–water partition coefficient (Wildman–Crippen LogP) is 2.53. The Bertz CT molecular complexity index is 557. The molecule has 0 radical (unpaired) electrons. The zero-order chi connectivity index (χ0) is 15.1. The highest BCUT2D eigenvalue weighted by Gasteiger charge is 2.14. The second-order valence-corrected chi connectivity index (χ2v) is 4.74. The molecule has 0 aliphatic rings.